The van der Waals surface area contributed by atoms with E-state index >= 15 is 0 Å². The lowest BCUT2D eigenvalue weighted by molar-refractivity contribution is 0.352. The van der Waals surface area contributed by atoms with Gasteiger partial charge in [0.15, 0.2) is 0 Å². The molecule has 0 saturated heterocycles. The number of nitrogens with zero attached hydrogens (tertiary/aromatic N) is 3. The Labute approximate surface area is 124 Å². The Morgan fingerprint density at radius 3 is 3.16 bits per heavy atom. The van der Waals surface area contributed by atoms with Crippen molar-refractivity contribution in [1.82, 2.24) is 15.0 Å². The fraction of sp³-hybridized carbons (Fsp3) is 0.385. The smallest absolute Gasteiger partial charge is 0.127 e. The van der Waals surface area contributed by atoms with E-state index in [0.717, 1.165) is 40.9 Å². The molecule has 1 aliphatic heterocycles. The number of hydrogen-bond donors (Lipinski definition) is 0. The first-order valence-corrected chi connectivity index (χ1v) is 7.48. The summed E-state index contributed by atoms with van der Waals surface area (Å²) in [6, 6.07) is 4.19. The Hall–Kier alpha value is -1.07. The lowest BCUT2D eigenvalue weighted by Crippen LogP contribution is -2.02. The molecule has 19 heavy (non-hydrogen) atoms. The summed E-state index contributed by atoms with van der Waals surface area (Å²) in [5.74, 6) is 1.56. The maximum absolute atomic E-state index is 5.71. The highest BCUT2D eigenvalue weighted by atomic mass is 79.9. The van der Waals surface area contributed by atoms with Crippen molar-refractivity contribution in [3.63, 3.8) is 0 Å². The number of rotatable bonds is 4. The van der Waals surface area contributed by atoms with E-state index in [1.165, 1.54) is 5.56 Å². The zero-order chi connectivity index (χ0) is 13.2. The molecule has 0 bridgehead atoms. The van der Waals surface area contributed by atoms with E-state index in [9.17, 15) is 0 Å². The van der Waals surface area contributed by atoms with Crippen molar-refractivity contribution in [1.29, 1.82) is 0 Å². The van der Waals surface area contributed by atoms with Gasteiger partial charge in [-0.15, -0.1) is 16.7 Å². The van der Waals surface area contributed by atoms with Crippen LogP contribution >= 0.6 is 27.5 Å². The van der Waals surface area contributed by atoms with E-state index in [2.05, 4.69) is 38.4 Å². The summed E-state index contributed by atoms with van der Waals surface area (Å²) in [5, 5.41) is 8.22. The van der Waals surface area contributed by atoms with Gasteiger partial charge in [-0.25, -0.2) is 4.68 Å². The third-order valence-electron chi connectivity index (χ3n) is 3.09. The first-order chi connectivity index (χ1) is 9.26. The van der Waals surface area contributed by atoms with E-state index < -0.39 is 0 Å². The van der Waals surface area contributed by atoms with Crippen molar-refractivity contribution in [2.45, 2.75) is 19.4 Å². The molecular weight excluding hydrogens is 330 g/mol. The number of alkyl halides is 1. The van der Waals surface area contributed by atoms with Crippen molar-refractivity contribution < 1.29 is 4.74 Å². The van der Waals surface area contributed by atoms with E-state index in [1.54, 1.807) is 0 Å². The molecule has 0 spiro atoms. The number of ether oxygens (including phenoxy) is 1. The Balaban J connectivity index is 1.86. The van der Waals surface area contributed by atoms with Crippen LogP contribution in [0.1, 0.15) is 16.8 Å². The molecular formula is C13H13BrClN3O. The van der Waals surface area contributed by atoms with E-state index in [0.29, 0.717) is 12.4 Å². The van der Waals surface area contributed by atoms with Gasteiger partial charge in [0.25, 0.3) is 0 Å². The Kier molecular flexibility index (Phi) is 3.75. The highest BCUT2D eigenvalue weighted by Gasteiger charge is 2.18. The van der Waals surface area contributed by atoms with Crippen LogP contribution in [0.4, 0.5) is 0 Å². The number of hydrogen-bond acceptors (Lipinski definition) is 3. The normalized spacial score (nSPS) is 13.4. The highest BCUT2D eigenvalue weighted by Crippen LogP contribution is 2.33. The van der Waals surface area contributed by atoms with Gasteiger partial charge in [0.1, 0.15) is 5.75 Å². The van der Waals surface area contributed by atoms with E-state index in [1.807, 2.05) is 10.9 Å². The van der Waals surface area contributed by atoms with Gasteiger partial charge in [0.2, 0.25) is 0 Å². The summed E-state index contributed by atoms with van der Waals surface area (Å²) >= 11 is 9.24. The molecule has 4 nitrogen and oxygen atoms in total. The summed E-state index contributed by atoms with van der Waals surface area (Å²) in [6.45, 7) is 1.42. The molecule has 100 valence electrons. The van der Waals surface area contributed by atoms with Gasteiger partial charge >= 0.3 is 0 Å². The average Bonchev–Trinajstić information content (AvgIpc) is 2.98. The topological polar surface area (TPSA) is 39.9 Å². The molecule has 0 atom stereocenters. The Morgan fingerprint density at radius 1 is 1.42 bits per heavy atom. The van der Waals surface area contributed by atoms with Crippen molar-refractivity contribution >= 4 is 27.5 Å². The molecule has 1 aromatic carbocycles. The standard InChI is InChI=1S/C13H13BrClN3O/c14-11-5-9-2-4-19-13(9)10(6-11)7-18-8-12(1-3-15)16-17-18/h5-6,8H,1-4,7H2. The van der Waals surface area contributed by atoms with Crippen LogP contribution < -0.4 is 4.74 Å². The van der Waals surface area contributed by atoms with Crippen LogP contribution in [0.2, 0.25) is 0 Å². The molecule has 1 aromatic heterocycles. The van der Waals surface area contributed by atoms with E-state index in [4.69, 9.17) is 16.3 Å². The van der Waals surface area contributed by atoms with Crippen LogP contribution in [-0.2, 0) is 19.4 Å². The lowest BCUT2D eigenvalue weighted by Gasteiger charge is -2.08. The summed E-state index contributed by atoms with van der Waals surface area (Å²) in [6.07, 6.45) is 3.65. The maximum Gasteiger partial charge on any atom is 0.127 e. The number of halogens is 2. The van der Waals surface area contributed by atoms with Gasteiger partial charge in [-0.05, 0) is 17.7 Å². The second kappa shape index (κ2) is 5.51. The van der Waals surface area contributed by atoms with Gasteiger partial charge in [-0.1, -0.05) is 21.1 Å². The quantitative estimate of drug-likeness (QED) is 0.802. The second-order valence-corrected chi connectivity index (χ2v) is 5.79. The molecule has 0 radical (unpaired) electrons. The maximum atomic E-state index is 5.71. The molecule has 3 rings (SSSR count). The molecule has 0 fully saturated rings. The monoisotopic (exact) mass is 341 g/mol. The highest BCUT2D eigenvalue weighted by molar-refractivity contribution is 9.10. The average molecular weight is 343 g/mol. The molecule has 0 N–H and O–H groups in total. The predicted molar refractivity (Wildman–Crippen MR) is 76.9 cm³/mol. The van der Waals surface area contributed by atoms with Crippen LogP contribution in [0.25, 0.3) is 0 Å². The molecule has 2 heterocycles. The zero-order valence-electron chi connectivity index (χ0n) is 10.3. The summed E-state index contributed by atoms with van der Waals surface area (Å²) in [7, 11) is 0. The number of fused-ring (bicyclic) bond motifs is 1. The van der Waals surface area contributed by atoms with Crippen molar-refractivity contribution in [2.24, 2.45) is 0 Å². The second-order valence-electron chi connectivity index (χ2n) is 4.50. The van der Waals surface area contributed by atoms with Gasteiger partial charge in [0.05, 0.1) is 18.8 Å². The van der Waals surface area contributed by atoms with Crippen LogP contribution in [0, 0.1) is 0 Å². The van der Waals surface area contributed by atoms with Crippen LogP contribution in [0.5, 0.6) is 5.75 Å². The van der Waals surface area contributed by atoms with Gasteiger partial charge in [0, 0.05) is 35.0 Å². The summed E-state index contributed by atoms with van der Waals surface area (Å²) < 4.78 is 8.61. The number of benzene rings is 1. The van der Waals surface area contributed by atoms with Crippen LogP contribution in [0.15, 0.2) is 22.8 Å². The third kappa shape index (κ3) is 2.77. The Bertz CT molecular complexity index is 600. The molecule has 1 aliphatic rings. The van der Waals surface area contributed by atoms with Crippen LogP contribution in [-0.4, -0.2) is 27.5 Å². The van der Waals surface area contributed by atoms with Crippen molar-refractivity contribution in [2.75, 3.05) is 12.5 Å². The van der Waals surface area contributed by atoms with Gasteiger partial charge in [-0.2, -0.15) is 0 Å². The number of aryl methyl sites for hydroxylation is 1. The van der Waals surface area contributed by atoms with Crippen molar-refractivity contribution in [3.8, 4) is 5.75 Å². The predicted octanol–water partition coefficient (Wildman–Crippen LogP) is 2.81. The fourth-order valence-corrected chi connectivity index (χ4v) is 3.01. The minimum absolute atomic E-state index is 0.564. The summed E-state index contributed by atoms with van der Waals surface area (Å²) in [5.41, 5.74) is 3.30. The minimum Gasteiger partial charge on any atom is -0.493 e. The Morgan fingerprint density at radius 2 is 2.32 bits per heavy atom. The first kappa shape index (κ1) is 12.9. The van der Waals surface area contributed by atoms with Crippen LogP contribution in [0.3, 0.4) is 0 Å². The van der Waals surface area contributed by atoms with Gasteiger partial charge < -0.3 is 4.74 Å². The molecule has 2 aromatic rings. The molecule has 0 saturated carbocycles. The molecule has 0 aliphatic carbocycles. The lowest BCUT2D eigenvalue weighted by atomic mass is 10.1. The van der Waals surface area contributed by atoms with Crippen molar-refractivity contribution in [3.05, 3.63) is 39.6 Å². The molecule has 0 amide bonds. The molecule has 0 unspecified atom stereocenters. The van der Waals surface area contributed by atoms with E-state index in [-0.39, 0.29) is 0 Å². The largest absolute Gasteiger partial charge is 0.493 e. The molecule has 6 heteroatoms. The summed E-state index contributed by atoms with van der Waals surface area (Å²) in [4.78, 5) is 0. The fourth-order valence-electron chi connectivity index (χ4n) is 2.27. The minimum atomic E-state index is 0.564. The van der Waals surface area contributed by atoms with Gasteiger partial charge in [-0.3, -0.25) is 0 Å². The number of aromatic nitrogens is 3. The zero-order valence-corrected chi connectivity index (χ0v) is 12.6. The first-order valence-electron chi connectivity index (χ1n) is 6.15. The SMILES string of the molecule is ClCCc1cn(Cc2cc(Br)cc3c2OCC3)nn1. The third-order valence-corrected chi connectivity index (χ3v) is 3.74.